The van der Waals surface area contributed by atoms with E-state index in [9.17, 15) is 8.42 Å². The van der Waals surface area contributed by atoms with Crippen molar-refractivity contribution in [3.63, 3.8) is 0 Å². The lowest BCUT2D eigenvalue weighted by molar-refractivity contribution is 0.367. The summed E-state index contributed by atoms with van der Waals surface area (Å²) >= 11 is 5.48. The summed E-state index contributed by atoms with van der Waals surface area (Å²) in [7, 11) is -3.43. The third-order valence-corrected chi connectivity index (χ3v) is 1.88. The second-order valence-corrected chi connectivity index (χ2v) is 4.39. The number of hydrogen-bond donors (Lipinski definition) is 0. The van der Waals surface area contributed by atoms with Crippen molar-refractivity contribution in [2.24, 2.45) is 0 Å². The lowest BCUT2D eigenvalue weighted by atomic mass is 10.4. The van der Waals surface area contributed by atoms with Crippen molar-refractivity contribution in [2.45, 2.75) is 0 Å². The number of hydrogen-bond acceptors (Lipinski definition) is 4. The van der Waals surface area contributed by atoms with Crippen molar-refractivity contribution in [2.75, 3.05) is 12.9 Å². The van der Waals surface area contributed by atoms with Crippen molar-refractivity contribution in [1.29, 1.82) is 0 Å². The summed E-state index contributed by atoms with van der Waals surface area (Å²) in [5, 5.41) is 0.235. The Hall–Kier alpha value is -0.960. The minimum absolute atomic E-state index is 0.197. The summed E-state index contributed by atoms with van der Waals surface area (Å²) < 4.78 is 30.3. The molecule has 0 N–H and O–H groups in total. The molecule has 0 aliphatic heterocycles. The summed E-state index contributed by atoms with van der Waals surface area (Å²) in [5.74, 6) is 5.38. The maximum Gasteiger partial charge on any atom is 0.265 e. The SMILES string of the molecule is CS(=O)(=O)OCC#Cc1ccc(Cl)o1. The maximum atomic E-state index is 10.5. The van der Waals surface area contributed by atoms with Gasteiger partial charge in [-0.2, -0.15) is 8.42 Å². The fourth-order valence-electron chi connectivity index (χ4n) is 0.641. The fraction of sp³-hybridized carbons (Fsp3) is 0.250. The third-order valence-electron chi connectivity index (χ3n) is 1.13. The van der Waals surface area contributed by atoms with Gasteiger partial charge in [0.05, 0.1) is 6.26 Å². The molecular formula is C8H7ClO4S. The molecule has 0 aliphatic rings. The Morgan fingerprint density at radius 1 is 1.57 bits per heavy atom. The van der Waals surface area contributed by atoms with Crippen LogP contribution in [0.5, 0.6) is 0 Å². The van der Waals surface area contributed by atoms with E-state index in [0.717, 1.165) is 6.26 Å². The first-order valence-corrected chi connectivity index (χ1v) is 5.75. The van der Waals surface area contributed by atoms with Gasteiger partial charge in [0.25, 0.3) is 10.1 Å². The summed E-state index contributed by atoms with van der Waals surface area (Å²) in [6.45, 7) is -0.197. The van der Waals surface area contributed by atoms with Crippen LogP contribution >= 0.6 is 11.6 Å². The van der Waals surface area contributed by atoms with Gasteiger partial charge in [-0.25, -0.2) is 0 Å². The Morgan fingerprint density at radius 2 is 2.29 bits per heavy atom. The predicted molar refractivity (Wildman–Crippen MR) is 51.4 cm³/mol. The van der Waals surface area contributed by atoms with Crippen LogP contribution in [0.15, 0.2) is 16.5 Å². The van der Waals surface area contributed by atoms with E-state index < -0.39 is 10.1 Å². The zero-order valence-electron chi connectivity index (χ0n) is 7.28. The standard InChI is InChI=1S/C8H7ClO4S/c1-14(10,11)12-6-2-3-7-4-5-8(9)13-7/h4-5H,6H2,1H3. The highest BCUT2D eigenvalue weighted by Crippen LogP contribution is 2.11. The molecule has 0 fully saturated rings. The molecule has 0 amide bonds. The van der Waals surface area contributed by atoms with E-state index >= 15 is 0 Å². The van der Waals surface area contributed by atoms with Gasteiger partial charge in [-0.15, -0.1) is 0 Å². The average molecular weight is 235 g/mol. The Labute approximate surface area is 86.9 Å². The van der Waals surface area contributed by atoms with Crippen molar-refractivity contribution in [3.8, 4) is 11.8 Å². The molecule has 0 saturated carbocycles. The summed E-state index contributed by atoms with van der Waals surface area (Å²) in [4.78, 5) is 0. The van der Waals surface area contributed by atoms with Gasteiger partial charge in [-0.05, 0) is 29.7 Å². The summed E-state index contributed by atoms with van der Waals surface area (Å²) in [5.41, 5.74) is 0. The molecule has 0 bridgehead atoms. The van der Waals surface area contributed by atoms with E-state index in [0.29, 0.717) is 5.76 Å². The molecule has 0 radical (unpaired) electrons. The van der Waals surface area contributed by atoms with Crippen LogP contribution in [0.3, 0.4) is 0 Å². The van der Waals surface area contributed by atoms with E-state index in [2.05, 4.69) is 16.0 Å². The number of rotatable bonds is 2. The first-order valence-electron chi connectivity index (χ1n) is 3.56. The predicted octanol–water partition coefficient (Wildman–Crippen LogP) is 1.26. The molecule has 1 heterocycles. The lowest BCUT2D eigenvalue weighted by Gasteiger charge is -1.91. The van der Waals surface area contributed by atoms with Crippen LogP contribution in [0.4, 0.5) is 0 Å². The van der Waals surface area contributed by atoms with E-state index in [1.54, 1.807) is 12.1 Å². The molecule has 0 aromatic carbocycles. The van der Waals surface area contributed by atoms with Gasteiger partial charge in [-0.3, -0.25) is 4.18 Å². The highest BCUT2D eigenvalue weighted by Gasteiger charge is 1.98. The minimum atomic E-state index is -3.43. The fourth-order valence-corrected chi connectivity index (χ4v) is 1.06. The molecule has 76 valence electrons. The Bertz CT molecular complexity index is 463. The molecule has 0 saturated heterocycles. The van der Waals surface area contributed by atoms with Crippen LogP contribution in [0.1, 0.15) is 5.76 Å². The largest absolute Gasteiger partial charge is 0.436 e. The molecule has 6 heteroatoms. The lowest BCUT2D eigenvalue weighted by Crippen LogP contribution is -2.02. The molecule has 0 aliphatic carbocycles. The maximum absolute atomic E-state index is 10.5. The number of furan rings is 1. The number of halogens is 1. The van der Waals surface area contributed by atoms with E-state index in [1.165, 1.54) is 0 Å². The minimum Gasteiger partial charge on any atom is -0.436 e. The molecule has 1 rings (SSSR count). The Balaban J connectivity index is 2.50. The third kappa shape index (κ3) is 4.33. The summed E-state index contributed by atoms with van der Waals surface area (Å²) in [6, 6.07) is 3.12. The Morgan fingerprint density at radius 3 is 2.79 bits per heavy atom. The molecule has 0 atom stereocenters. The zero-order chi connectivity index (χ0) is 10.6. The van der Waals surface area contributed by atoms with E-state index in [4.69, 9.17) is 16.0 Å². The Kier molecular flexibility index (Phi) is 3.58. The van der Waals surface area contributed by atoms with Gasteiger partial charge in [0, 0.05) is 0 Å². The first-order chi connectivity index (χ1) is 6.47. The van der Waals surface area contributed by atoms with Gasteiger partial charge in [0.15, 0.2) is 11.0 Å². The highest BCUT2D eigenvalue weighted by atomic mass is 35.5. The van der Waals surface area contributed by atoms with Gasteiger partial charge in [0.1, 0.15) is 6.61 Å². The quantitative estimate of drug-likeness (QED) is 0.571. The highest BCUT2D eigenvalue weighted by molar-refractivity contribution is 7.85. The van der Waals surface area contributed by atoms with Crippen molar-refractivity contribution >= 4 is 21.7 Å². The van der Waals surface area contributed by atoms with Crippen LogP contribution in [0, 0.1) is 11.8 Å². The normalized spacial score (nSPS) is 10.7. The molecule has 1 aromatic heterocycles. The average Bonchev–Trinajstić information content (AvgIpc) is 2.44. The topological polar surface area (TPSA) is 56.5 Å². The molecule has 14 heavy (non-hydrogen) atoms. The second kappa shape index (κ2) is 4.51. The smallest absolute Gasteiger partial charge is 0.265 e. The van der Waals surface area contributed by atoms with Crippen molar-refractivity contribution in [3.05, 3.63) is 23.1 Å². The van der Waals surface area contributed by atoms with E-state index in [1.807, 2.05) is 0 Å². The zero-order valence-corrected chi connectivity index (χ0v) is 8.85. The van der Waals surface area contributed by atoms with Gasteiger partial charge in [0.2, 0.25) is 0 Å². The molecular weight excluding hydrogens is 228 g/mol. The van der Waals surface area contributed by atoms with Crippen molar-refractivity contribution < 1.29 is 17.0 Å². The first kappa shape index (κ1) is 11.1. The molecule has 4 nitrogen and oxygen atoms in total. The van der Waals surface area contributed by atoms with E-state index in [-0.39, 0.29) is 11.8 Å². The van der Waals surface area contributed by atoms with Crippen LogP contribution in [0.2, 0.25) is 5.22 Å². The van der Waals surface area contributed by atoms with Crippen LogP contribution in [-0.4, -0.2) is 21.3 Å². The second-order valence-electron chi connectivity index (χ2n) is 2.37. The van der Waals surface area contributed by atoms with Crippen LogP contribution in [-0.2, 0) is 14.3 Å². The van der Waals surface area contributed by atoms with Gasteiger partial charge >= 0.3 is 0 Å². The van der Waals surface area contributed by atoms with Crippen LogP contribution < -0.4 is 0 Å². The van der Waals surface area contributed by atoms with Crippen LogP contribution in [0.25, 0.3) is 0 Å². The van der Waals surface area contributed by atoms with Crippen molar-refractivity contribution in [1.82, 2.24) is 0 Å². The van der Waals surface area contributed by atoms with Gasteiger partial charge in [-0.1, -0.05) is 5.92 Å². The molecule has 1 aromatic rings. The summed E-state index contributed by atoms with van der Waals surface area (Å²) in [6.07, 6.45) is 0.957. The molecule has 0 unspecified atom stereocenters. The molecule has 0 spiro atoms. The monoisotopic (exact) mass is 234 g/mol. The van der Waals surface area contributed by atoms with Gasteiger partial charge < -0.3 is 4.42 Å².